The van der Waals surface area contributed by atoms with Crippen molar-refractivity contribution in [3.63, 3.8) is 0 Å². The van der Waals surface area contributed by atoms with Gasteiger partial charge in [0, 0.05) is 13.1 Å². The van der Waals surface area contributed by atoms with E-state index >= 15 is 0 Å². The predicted octanol–water partition coefficient (Wildman–Crippen LogP) is 2.54. The molecule has 1 unspecified atom stereocenters. The van der Waals surface area contributed by atoms with Crippen LogP contribution in [0.25, 0.3) is 0 Å². The molecule has 88 valence electrons. The van der Waals surface area contributed by atoms with Crippen LogP contribution in [0.5, 0.6) is 0 Å². The maximum Gasteiger partial charge on any atom is 0.0991 e. The Kier molecular flexibility index (Phi) is 5.20. The van der Waals surface area contributed by atoms with Gasteiger partial charge in [-0.2, -0.15) is 10.5 Å². The van der Waals surface area contributed by atoms with Gasteiger partial charge < -0.3 is 0 Å². The Bertz CT molecular complexity index is 440. The molecule has 0 heterocycles. The molecule has 0 saturated heterocycles. The van der Waals surface area contributed by atoms with E-state index in [9.17, 15) is 0 Å². The average molecular weight is 227 g/mol. The van der Waals surface area contributed by atoms with Crippen molar-refractivity contribution in [2.75, 3.05) is 13.1 Å². The molecule has 0 amide bonds. The van der Waals surface area contributed by atoms with Crippen molar-refractivity contribution in [3.8, 4) is 12.1 Å². The summed E-state index contributed by atoms with van der Waals surface area (Å²) in [6.07, 6.45) is 0. The molecule has 0 fully saturated rings. The van der Waals surface area contributed by atoms with Crippen LogP contribution in [0.15, 0.2) is 24.3 Å². The number of hydrogen-bond acceptors (Lipinski definition) is 3. The van der Waals surface area contributed by atoms with Crippen LogP contribution in [0.1, 0.15) is 25.0 Å². The summed E-state index contributed by atoms with van der Waals surface area (Å²) in [7, 11) is 0. The molecule has 0 bridgehead atoms. The summed E-state index contributed by atoms with van der Waals surface area (Å²) in [5.74, 6) is 0.0362. The van der Waals surface area contributed by atoms with E-state index in [0.29, 0.717) is 5.56 Å². The van der Waals surface area contributed by atoms with Crippen LogP contribution in [0.3, 0.4) is 0 Å². The van der Waals surface area contributed by atoms with Gasteiger partial charge in [0.15, 0.2) is 0 Å². The largest absolute Gasteiger partial charge is 0.298 e. The van der Waals surface area contributed by atoms with E-state index in [1.807, 2.05) is 25.1 Å². The topological polar surface area (TPSA) is 50.8 Å². The predicted molar refractivity (Wildman–Crippen MR) is 66.9 cm³/mol. The molecular weight excluding hydrogens is 210 g/mol. The highest BCUT2D eigenvalue weighted by atomic mass is 15.1. The van der Waals surface area contributed by atoms with Gasteiger partial charge in [0.2, 0.25) is 0 Å². The summed E-state index contributed by atoms with van der Waals surface area (Å²) in [6, 6.07) is 12.0. The van der Waals surface area contributed by atoms with E-state index in [1.165, 1.54) is 0 Å². The van der Waals surface area contributed by atoms with E-state index in [2.05, 4.69) is 24.0 Å². The van der Waals surface area contributed by atoms with Gasteiger partial charge in [0.1, 0.15) is 0 Å². The monoisotopic (exact) mass is 227 g/mol. The van der Waals surface area contributed by atoms with Gasteiger partial charge in [0.25, 0.3) is 0 Å². The zero-order valence-electron chi connectivity index (χ0n) is 10.3. The molecule has 0 aliphatic rings. The van der Waals surface area contributed by atoms with Crippen molar-refractivity contribution in [1.29, 1.82) is 10.5 Å². The van der Waals surface area contributed by atoms with Gasteiger partial charge in [0.05, 0.1) is 23.6 Å². The van der Waals surface area contributed by atoms with Crippen molar-refractivity contribution < 1.29 is 0 Å². The molecule has 0 radical (unpaired) electrons. The normalized spacial score (nSPS) is 11.8. The molecule has 1 aromatic carbocycles. The zero-order chi connectivity index (χ0) is 12.7. The highest BCUT2D eigenvalue weighted by Crippen LogP contribution is 2.09. The lowest BCUT2D eigenvalue weighted by Crippen LogP contribution is -2.27. The second-order valence-electron chi connectivity index (χ2n) is 4.17. The third-order valence-corrected chi connectivity index (χ3v) is 2.66. The number of nitriles is 2. The molecule has 1 aromatic rings. The number of benzene rings is 1. The third-order valence-electron chi connectivity index (χ3n) is 2.66. The fourth-order valence-electron chi connectivity index (χ4n) is 1.73. The Morgan fingerprint density at radius 1 is 1.35 bits per heavy atom. The number of nitrogens with zero attached hydrogens (tertiary/aromatic N) is 3. The molecule has 3 nitrogen and oxygen atoms in total. The van der Waals surface area contributed by atoms with Crippen LogP contribution < -0.4 is 0 Å². The van der Waals surface area contributed by atoms with E-state index in [1.54, 1.807) is 6.07 Å². The summed E-state index contributed by atoms with van der Waals surface area (Å²) < 4.78 is 0. The lowest BCUT2D eigenvalue weighted by molar-refractivity contribution is 0.260. The molecule has 1 rings (SSSR count). The molecule has 0 saturated carbocycles. The fraction of sp³-hybridized carbons (Fsp3) is 0.429. The van der Waals surface area contributed by atoms with Crippen LogP contribution in [0, 0.1) is 28.6 Å². The second-order valence-corrected chi connectivity index (χ2v) is 4.17. The summed E-state index contributed by atoms with van der Waals surface area (Å²) in [4.78, 5) is 2.21. The standard InChI is InChI=1S/C14H17N3/c1-3-17(10-12(2)8-15)11-14-6-4-5-13(7-14)9-16/h4-7,12H,3,10-11H2,1-2H3. The van der Waals surface area contributed by atoms with E-state index < -0.39 is 0 Å². The fourth-order valence-corrected chi connectivity index (χ4v) is 1.73. The maximum atomic E-state index is 8.83. The first-order valence-electron chi connectivity index (χ1n) is 5.80. The Morgan fingerprint density at radius 2 is 2.12 bits per heavy atom. The highest BCUT2D eigenvalue weighted by molar-refractivity contribution is 5.32. The van der Waals surface area contributed by atoms with Gasteiger partial charge in [-0.15, -0.1) is 0 Å². The van der Waals surface area contributed by atoms with Crippen molar-refractivity contribution in [3.05, 3.63) is 35.4 Å². The third kappa shape index (κ3) is 4.26. The smallest absolute Gasteiger partial charge is 0.0991 e. The average Bonchev–Trinajstić information content (AvgIpc) is 2.37. The van der Waals surface area contributed by atoms with E-state index in [0.717, 1.165) is 25.2 Å². The summed E-state index contributed by atoms with van der Waals surface area (Å²) >= 11 is 0. The molecule has 17 heavy (non-hydrogen) atoms. The van der Waals surface area contributed by atoms with Crippen LogP contribution in [-0.2, 0) is 6.54 Å². The van der Waals surface area contributed by atoms with Crippen molar-refractivity contribution >= 4 is 0 Å². The van der Waals surface area contributed by atoms with Crippen molar-refractivity contribution in [1.82, 2.24) is 4.90 Å². The lowest BCUT2D eigenvalue weighted by atomic mass is 10.1. The van der Waals surface area contributed by atoms with Gasteiger partial charge in [-0.3, -0.25) is 4.90 Å². The first-order valence-corrected chi connectivity index (χ1v) is 5.80. The molecule has 0 spiro atoms. The second kappa shape index (κ2) is 6.68. The Labute approximate surface area is 103 Å². The minimum absolute atomic E-state index is 0.0362. The van der Waals surface area contributed by atoms with Crippen LogP contribution in [0.4, 0.5) is 0 Å². The quantitative estimate of drug-likeness (QED) is 0.776. The Balaban J connectivity index is 2.68. The first-order chi connectivity index (χ1) is 8.19. The minimum Gasteiger partial charge on any atom is -0.298 e. The van der Waals surface area contributed by atoms with Gasteiger partial charge in [-0.05, 0) is 31.2 Å². The number of rotatable bonds is 5. The molecule has 0 aliphatic carbocycles. The molecule has 0 N–H and O–H groups in total. The summed E-state index contributed by atoms with van der Waals surface area (Å²) in [6.45, 7) is 6.47. The molecule has 3 heteroatoms. The van der Waals surface area contributed by atoms with E-state index in [4.69, 9.17) is 10.5 Å². The minimum atomic E-state index is 0.0362. The highest BCUT2D eigenvalue weighted by Gasteiger charge is 2.08. The maximum absolute atomic E-state index is 8.83. The van der Waals surface area contributed by atoms with Crippen LogP contribution >= 0.6 is 0 Å². The lowest BCUT2D eigenvalue weighted by Gasteiger charge is -2.21. The van der Waals surface area contributed by atoms with Gasteiger partial charge in [-0.25, -0.2) is 0 Å². The summed E-state index contributed by atoms with van der Waals surface area (Å²) in [5, 5.41) is 17.6. The zero-order valence-corrected chi connectivity index (χ0v) is 10.3. The Morgan fingerprint density at radius 3 is 2.71 bits per heavy atom. The molecular formula is C14H17N3. The molecule has 1 atom stereocenters. The van der Waals surface area contributed by atoms with Crippen molar-refractivity contribution in [2.45, 2.75) is 20.4 Å². The van der Waals surface area contributed by atoms with E-state index in [-0.39, 0.29) is 5.92 Å². The molecule has 0 aromatic heterocycles. The van der Waals surface area contributed by atoms with Crippen LogP contribution in [-0.4, -0.2) is 18.0 Å². The van der Waals surface area contributed by atoms with Crippen LogP contribution in [0.2, 0.25) is 0 Å². The van der Waals surface area contributed by atoms with Gasteiger partial charge >= 0.3 is 0 Å². The number of hydrogen-bond donors (Lipinski definition) is 0. The molecule has 0 aliphatic heterocycles. The first kappa shape index (κ1) is 13.2. The van der Waals surface area contributed by atoms with Gasteiger partial charge in [-0.1, -0.05) is 19.1 Å². The Hall–Kier alpha value is -1.84. The summed E-state index contributed by atoms with van der Waals surface area (Å²) in [5.41, 5.74) is 1.81. The SMILES string of the molecule is CCN(Cc1cccc(C#N)c1)CC(C)C#N. The van der Waals surface area contributed by atoms with Crippen molar-refractivity contribution in [2.24, 2.45) is 5.92 Å².